The molecule has 0 radical (unpaired) electrons. The van der Waals surface area contributed by atoms with Crippen molar-refractivity contribution in [2.45, 2.75) is 59.9 Å². The first kappa shape index (κ1) is 14.2. The van der Waals surface area contributed by atoms with Gasteiger partial charge in [0.05, 0.1) is 6.04 Å². The fourth-order valence-electron chi connectivity index (χ4n) is 2.48. The molecule has 1 heterocycles. The molecule has 1 saturated heterocycles. The topological polar surface area (TPSA) is 37.4 Å². The van der Waals surface area contributed by atoms with E-state index in [-0.39, 0.29) is 23.1 Å². The van der Waals surface area contributed by atoms with Gasteiger partial charge in [0.15, 0.2) is 5.78 Å². The molecule has 0 aromatic carbocycles. The number of carbonyl (C=O) groups excluding carboxylic acids is 2. The summed E-state index contributed by atoms with van der Waals surface area (Å²) in [5.74, 6) is 0.751. The molecule has 1 rings (SSSR count). The van der Waals surface area contributed by atoms with Crippen molar-refractivity contribution in [3.05, 3.63) is 0 Å². The average molecular weight is 239 g/mol. The minimum atomic E-state index is -0.170. The van der Waals surface area contributed by atoms with Crippen molar-refractivity contribution in [1.29, 1.82) is 0 Å². The lowest BCUT2D eigenvalue weighted by Crippen LogP contribution is -2.40. The van der Waals surface area contributed by atoms with Crippen molar-refractivity contribution in [3.63, 3.8) is 0 Å². The van der Waals surface area contributed by atoms with Crippen LogP contribution in [0.4, 0.5) is 0 Å². The Morgan fingerprint density at radius 2 is 1.76 bits per heavy atom. The molecule has 0 aromatic rings. The Hall–Kier alpha value is -0.860. The molecule has 1 amide bonds. The van der Waals surface area contributed by atoms with Crippen LogP contribution in [0.5, 0.6) is 0 Å². The SMILES string of the molecule is CCC(=O)C1CC(C(C)(C)C)CN1C(=O)CC. The highest BCUT2D eigenvalue weighted by Crippen LogP contribution is 2.37. The predicted octanol–water partition coefficient (Wildman–Crippen LogP) is 2.64. The molecule has 1 aliphatic heterocycles. The highest BCUT2D eigenvalue weighted by molar-refractivity contribution is 5.89. The first-order chi connectivity index (χ1) is 7.81. The van der Waals surface area contributed by atoms with Crippen molar-refractivity contribution < 1.29 is 9.59 Å². The zero-order valence-electron chi connectivity index (χ0n) is 11.7. The van der Waals surface area contributed by atoms with E-state index in [9.17, 15) is 9.59 Å². The van der Waals surface area contributed by atoms with Crippen molar-refractivity contribution >= 4 is 11.7 Å². The average Bonchev–Trinajstić information content (AvgIpc) is 2.71. The predicted molar refractivity (Wildman–Crippen MR) is 68.7 cm³/mol. The molecule has 2 atom stereocenters. The van der Waals surface area contributed by atoms with E-state index in [1.807, 2.05) is 18.7 Å². The Kier molecular flexibility index (Phi) is 4.34. The van der Waals surface area contributed by atoms with Gasteiger partial charge in [0, 0.05) is 19.4 Å². The smallest absolute Gasteiger partial charge is 0.222 e. The van der Waals surface area contributed by atoms with E-state index in [1.165, 1.54) is 0 Å². The zero-order chi connectivity index (χ0) is 13.2. The molecule has 0 aromatic heterocycles. The minimum absolute atomic E-state index is 0.114. The maximum atomic E-state index is 11.9. The summed E-state index contributed by atoms with van der Waals surface area (Å²) >= 11 is 0. The molecule has 0 spiro atoms. The van der Waals surface area contributed by atoms with Crippen LogP contribution in [0.1, 0.15) is 53.9 Å². The van der Waals surface area contributed by atoms with Gasteiger partial charge in [-0.15, -0.1) is 0 Å². The van der Waals surface area contributed by atoms with Crippen molar-refractivity contribution in [2.24, 2.45) is 11.3 Å². The molecule has 98 valence electrons. The fraction of sp³-hybridized carbons (Fsp3) is 0.857. The van der Waals surface area contributed by atoms with Gasteiger partial charge >= 0.3 is 0 Å². The van der Waals surface area contributed by atoms with Crippen LogP contribution >= 0.6 is 0 Å². The van der Waals surface area contributed by atoms with Crippen LogP contribution < -0.4 is 0 Å². The molecule has 0 N–H and O–H groups in total. The van der Waals surface area contributed by atoms with E-state index >= 15 is 0 Å². The number of likely N-dealkylation sites (tertiary alicyclic amines) is 1. The summed E-state index contributed by atoms with van der Waals surface area (Å²) in [5, 5.41) is 0. The molecule has 3 nitrogen and oxygen atoms in total. The molecular weight excluding hydrogens is 214 g/mol. The second-order valence-electron chi connectivity index (χ2n) is 6.03. The van der Waals surface area contributed by atoms with Crippen LogP contribution in [0.3, 0.4) is 0 Å². The Bertz CT molecular complexity index is 280. The van der Waals surface area contributed by atoms with Gasteiger partial charge in [0.2, 0.25) is 5.91 Å². The Balaban J connectivity index is 2.87. The standard InChI is InChI=1S/C14H25NO2/c1-6-12(16)11-8-10(14(3,4)5)9-15(11)13(17)7-2/h10-11H,6-9H2,1-5H3. The highest BCUT2D eigenvalue weighted by atomic mass is 16.2. The van der Waals surface area contributed by atoms with Gasteiger partial charge in [0.1, 0.15) is 0 Å². The van der Waals surface area contributed by atoms with Crippen molar-refractivity contribution in [1.82, 2.24) is 4.90 Å². The van der Waals surface area contributed by atoms with E-state index in [4.69, 9.17) is 0 Å². The first-order valence-electron chi connectivity index (χ1n) is 6.63. The van der Waals surface area contributed by atoms with E-state index in [0.29, 0.717) is 18.8 Å². The third kappa shape index (κ3) is 3.08. The number of nitrogens with zero attached hydrogens (tertiary/aromatic N) is 1. The number of rotatable bonds is 3. The van der Waals surface area contributed by atoms with Gasteiger partial charge < -0.3 is 4.90 Å². The summed E-state index contributed by atoms with van der Waals surface area (Å²) in [5.41, 5.74) is 0.162. The second-order valence-corrected chi connectivity index (χ2v) is 6.03. The fourth-order valence-corrected chi connectivity index (χ4v) is 2.48. The highest BCUT2D eigenvalue weighted by Gasteiger charge is 2.42. The van der Waals surface area contributed by atoms with Gasteiger partial charge in [-0.3, -0.25) is 9.59 Å². The summed E-state index contributed by atoms with van der Waals surface area (Å²) in [4.78, 5) is 25.6. The number of hydrogen-bond donors (Lipinski definition) is 0. The van der Waals surface area contributed by atoms with Crippen LogP contribution in [0.2, 0.25) is 0 Å². The summed E-state index contributed by atoms with van der Waals surface area (Å²) in [6.07, 6.45) is 1.85. The van der Waals surface area contributed by atoms with Gasteiger partial charge in [-0.05, 0) is 17.8 Å². The van der Waals surface area contributed by atoms with Crippen LogP contribution in [-0.4, -0.2) is 29.2 Å². The van der Waals surface area contributed by atoms with Crippen LogP contribution in [-0.2, 0) is 9.59 Å². The third-order valence-corrected chi connectivity index (χ3v) is 3.87. The monoisotopic (exact) mass is 239 g/mol. The second kappa shape index (κ2) is 5.19. The number of ketones is 1. The Labute approximate surface area is 105 Å². The maximum absolute atomic E-state index is 11.9. The maximum Gasteiger partial charge on any atom is 0.222 e. The van der Waals surface area contributed by atoms with Gasteiger partial charge in [0.25, 0.3) is 0 Å². The number of carbonyl (C=O) groups is 2. The molecule has 0 bridgehead atoms. The molecule has 0 saturated carbocycles. The quantitative estimate of drug-likeness (QED) is 0.759. The lowest BCUT2D eigenvalue weighted by Gasteiger charge is -2.26. The van der Waals surface area contributed by atoms with Crippen LogP contribution in [0.15, 0.2) is 0 Å². The number of Topliss-reactive ketones (excluding diaryl/α,β-unsaturated/α-hetero) is 1. The summed E-state index contributed by atoms with van der Waals surface area (Å²) in [7, 11) is 0. The molecule has 1 aliphatic rings. The van der Waals surface area contributed by atoms with Gasteiger partial charge in [-0.25, -0.2) is 0 Å². The van der Waals surface area contributed by atoms with E-state index in [1.54, 1.807) is 0 Å². The number of amides is 1. The molecule has 2 unspecified atom stereocenters. The van der Waals surface area contributed by atoms with E-state index in [0.717, 1.165) is 13.0 Å². The third-order valence-electron chi connectivity index (χ3n) is 3.87. The van der Waals surface area contributed by atoms with Crippen molar-refractivity contribution in [3.8, 4) is 0 Å². The Morgan fingerprint density at radius 3 is 2.18 bits per heavy atom. The normalized spacial score (nSPS) is 25.1. The summed E-state index contributed by atoms with van der Waals surface area (Å²) < 4.78 is 0. The van der Waals surface area contributed by atoms with E-state index in [2.05, 4.69) is 20.8 Å². The summed E-state index contributed by atoms with van der Waals surface area (Å²) in [6, 6.07) is -0.170. The van der Waals surface area contributed by atoms with Crippen LogP contribution in [0, 0.1) is 11.3 Å². The lowest BCUT2D eigenvalue weighted by atomic mass is 9.79. The lowest BCUT2D eigenvalue weighted by molar-refractivity contribution is -0.137. The number of hydrogen-bond acceptors (Lipinski definition) is 2. The van der Waals surface area contributed by atoms with E-state index < -0.39 is 0 Å². The van der Waals surface area contributed by atoms with Gasteiger partial charge in [-0.1, -0.05) is 34.6 Å². The van der Waals surface area contributed by atoms with Crippen LogP contribution in [0.25, 0.3) is 0 Å². The van der Waals surface area contributed by atoms with Gasteiger partial charge in [-0.2, -0.15) is 0 Å². The summed E-state index contributed by atoms with van der Waals surface area (Å²) in [6.45, 7) is 11.0. The zero-order valence-corrected chi connectivity index (χ0v) is 11.7. The molecular formula is C14H25NO2. The van der Waals surface area contributed by atoms with Crippen molar-refractivity contribution in [2.75, 3.05) is 6.54 Å². The largest absolute Gasteiger partial charge is 0.332 e. The molecule has 17 heavy (non-hydrogen) atoms. The Morgan fingerprint density at radius 1 is 1.18 bits per heavy atom. The molecule has 0 aliphatic carbocycles. The molecule has 3 heteroatoms. The first-order valence-corrected chi connectivity index (χ1v) is 6.63. The molecule has 1 fully saturated rings. The minimum Gasteiger partial charge on any atom is -0.332 e.